The number of carbonyl (C=O) groups excluding carboxylic acids is 1. The Bertz CT molecular complexity index is 810. The number of rotatable bonds is 4. The molecule has 0 bridgehead atoms. The maximum absolute atomic E-state index is 13.0. The Kier molecular flexibility index (Phi) is 5.07. The average molecular weight is 372 g/mol. The Morgan fingerprint density at radius 1 is 1.04 bits per heavy atom. The quantitative estimate of drug-likeness (QED) is 0.817. The van der Waals surface area contributed by atoms with Crippen molar-refractivity contribution in [2.45, 2.75) is 25.5 Å². The number of ether oxygens (including phenoxy) is 1. The molecule has 4 nitrogen and oxygen atoms in total. The molecule has 2 fully saturated rings. The van der Waals surface area contributed by atoms with Gasteiger partial charge in [0.2, 0.25) is 0 Å². The average Bonchev–Trinajstić information content (AvgIpc) is 3.15. The molecular formula is C21H22F2N2O2. The van der Waals surface area contributed by atoms with Gasteiger partial charge < -0.3 is 9.64 Å². The first-order chi connectivity index (χ1) is 13.1. The molecule has 1 atom stereocenters. The van der Waals surface area contributed by atoms with Crippen LogP contribution in [0.5, 0.6) is 5.75 Å². The van der Waals surface area contributed by atoms with E-state index in [0.717, 1.165) is 43.7 Å². The fourth-order valence-corrected chi connectivity index (χ4v) is 4.02. The molecule has 0 aromatic heterocycles. The summed E-state index contributed by atoms with van der Waals surface area (Å²) in [5.41, 5.74) is 2.39. The van der Waals surface area contributed by atoms with E-state index in [-0.39, 0.29) is 11.7 Å². The van der Waals surface area contributed by atoms with Gasteiger partial charge in [-0.1, -0.05) is 24.3 Å². The third kappa shape index (κ3) is 3.95. The second kappa shape index (κ2) is 7.64. The van der Waals surface area contributed by atoms with Gasteiger partial charge in [0, 0.05) is 31.2 Å². The van der Waals surface area contributed by atoms with Crippen molar-refractivity contribution in [2.75, 3.05) is 26.2 Å². The monoisotopic (exact) mass is 372 g/mol. The lowest BCUT2D eigenvalue weighted by atomic mass is 10.0. The van der Waals surface area contributed by atoms with Gasteiger partial charge >= 0.3 is 6.61 Å². The Labute approximate surface area is 157 Å². The van der Waals surface area contributed by atoms with Crippen molar-refractivity contribution in [3.05, 3.63) is 54.1 Å². The molecule has 0 N–H and O–H groups in total. The van der Waals surface area contributed by atoms with Crippen molar-refractivity contribution in [1.29, 1.82) is 0 Å². The number of alkyl halides is 2. The Balaban J connectivity index is 1.49. The van der Waals surface area contributed by atoms with Gasteiger partial charge in [-0.15, -0.1) is 0 Å². The Hall–Kier alpha value is -2.47. The van der Waals surface area contributed by atoms with E-state index < -0.39 is 6.61 Å². The van der Waals surface area contributed by atoms with Crippen molar-refractivity contribution in [2.24, 2.45) is 0 Å². The minimum absolute atomic E-state index is 0.0565. The Morgan fingerprint density at radius 3 is 2.63 bits per heavy atom. The summed E-state index contributed by atoms with van der Waals surface area (Å²) in [5, 5.41) is 0. The second-order valence-electron chi connectivity index (χ2n) is 7.07. The summed E-state index contributed by atoms with van der Waals surface area (Å²) in [5.74, 6) is 0.177. The van der Waals surface area contributed by atoms with Crippen LogP contribution in [0.15, 0.2) is 48.5 Å². The highest BCUT2D eigenvalue weighted by atomic mass is 19.3. The molecule has 0 radical (unpaired) electrons. The zero-order valence-corrected chi connectivity index (χ0v) is 15.0. The highest BCUT2D eigenvalue weighted by Gasteiger charge is 2.32. The summed E-state index contributed by atoms with van der Waals surface area (Å²) in [6.45, 7) is 0.814. The number of benzene rings is 2. The van der Waals surface area contributed by atoms with Crippen LogP contribution in [0, 0.1) is 0 Å². The standard InChI is InChI=1S/C21H22F2N2O2/c22-21(23)27-19-8-6-15(7-9-19)16-3-1-4-17(13-16)20(26)25-12-11-24-10-2-5-18(24)14-25/h1,3-4,6-9,13,18,21H,2,5,10-12,14H2. The normalized spacial score (nSPS) is 20.0. The lowest BCUT2D eigenvalue weighted by Crippen LogP contribution is -2.52. The third-order valence-electron chi connectivity index (χ3n) is 5.40. The molecule has 2 aromatic carbocycles. The molecule has 0 saturated carbocycles. The first kappa shape index (κ1) is 17.9. The zero-order chi connectivity index (χ0) is 18.8. The fourth-order valence-electron chi connectivity index (χ4n) is 4.02. The fraction of sp³-hybridized carbons (Fsp3) is 0.381. The maximum Gasteiger partial charge on any atom is 0.387 e. The molecular weight excluding hydrogens is 350 g/mol. The van der Waals surface area contributed by atoms with Crippen molar-refractivity contribution in [3.63, 3.8) is 0 Å². The van der Waals surface area contributed by atoms with Crippen molar-refractivity contribution >= 4 is 5.91 Å². The highest BCUT2D eigenvalue weighted by Crippen LogP contribution is 2.26. The summed E-state index contributed by atoms with van der Waals surface area (Å²) in [7, 11) is 0. The maximum atomic E-state index is 13.0. The number of carbonyl (C=O) groups is 1. The molecule has 6 heteroatoms. The number of fused-ring (bicyclic) bond motifs is 1. The van der Waals surface area contributed by atoms with Crippen LogP contribution in [0.25, 0.3) is 11.1 Å². The van der Waals surface area contributed by atoms with E-state index in [1.165, 1.54) is 18.6 Å². The van der Waals surface area contributed by atoms with Crippen LogP contribution in [-0.4, -0.2) is 54.5 Å². The molecule has 2 saturated heterocycles. The van der Waals surface area contributed by atoms with E-state index in [2.05, 4.69) is 9.64 Å². The largest absolute Gasteiger partial charge is 0.435 e. The van der Waals surface area contributed by atoms with Crippen molar-refractivity contribution in [1.82, 2.24) is 9.80 Å². The Morgan fingerprint density at radius 2 is 1.85 bits per heavy atom. The molecule has 27 heavy (non-hydrogen) atoms. The van der Waals surface area contributed by atoms with Crippen molar-refractivity contribution in [3.8, 4) is 16.9 Å². The molecule has 4 rings (SSSR count). The van der Waals surface area contributed by atoms with E-state index in [9.17, 15) is 13.6 Å². The van der Waals surface area contributed by atoms with E-state index >= 15 is 0 Å². The van der Waals surface area contributed by atoms with Crippen LogP contribution >= 0.6 is 0 Å². The molecule has 0 spiro atoms. The van der Waals surface area contributed by atoms with Crippen LogP contribution < -0.4 is 4.74 Å². The molecule has 0 aliphatic carbocycles. The number of hydrogen-bond donors (Lipinski definition) is 0. The van der Waals surface area contributed by atoms with E-state index in [4.69, 9.17) is 0 Å². The van der Waals surface area contributed by atoms with Gasteiger partial charge in [0.05, 0.1) is 0 Å². The highest BCUT2D eigenvalue weighted by molar-refractivity contribution is 5.95. The number of piperazine rings is 1. The number of nitrogens with zero attached hydrogens (tertiary/aromatic N) is 2. The van der Waals surface area contributed by atoms with Gasteiger partial charge in [0.1, 0.15) is 5.75 Å². The first-order valence-electron chi connectivity index (χ1n) is 9.29. The lowest BCUT2D eigenvalue weighted by molar-refractivity contribution is -0.0498. The van der Waals surface area contributed by atoms with Gasteiger partial charge in [-0.25, -0.2) is 0 Å². The second-order valence-corrected chi connectivity index (χ2v) is 7.07. The van der Waals surface area contributed by atoms with Crippen LogP contribution in [0.3, 0.4) is 0 Å². The van der Waals surface area contributed by atoms with E-state index in [1.54, 1.807) is 12.1 Å². The lowest BCUT2D eigenvalue weighted by Gasteiger charge is -2.37. The van der Waals surface area contributed by atoms with Gasteiger partial charge in [0.25, 0.3) is 5.91 Å². The predicted octanol–water partition coefficient (Wildman–Crippen LogP) is 3.88. The first-order valence-corrected chi connectivity index (χ1v) is 9.29. The molecule has 1 unspecified atom stereocenters. The smallest absolute Gasteiger partial charge is 0.387 e. The number of amides is 1. The summed E-state index contributed by atoms with van der Waals surface area (Å²) in [4.78, 5) is 17.4. The van der Waals surface area contributed by atoms with Gasteiger partial charge in [-0.2, -0.15) is 8.78 Å². The summed E-state index contributed by atoms with van der Waals surface area (Å²) in [6.07, 6.45) is 2.38. The molecule has 2 aliphatic rings. The zero-order valence-electron chi connectivity index (χ0n) is 15.0. The predicted molar refractivity (Wildman–Crippen MR) is 99.0 cm³/mol. The summed E-state index contributed by atoms with van der Waals surface area (Å²) in [6, 6.07) is 14.4. The van der Waals surface area contributed by atoms with Crippen LogP contribution in [0.4, 0.5) is 8.78 Å². The molecule has 1 amide bonds. The van der Waals surface area contributed by atoms with Crippen LogP contribution in [0.1, 0.15) is 23.2 Å². The van der Waals surface area contributed by atoms with Gasteiger partial charge in [-0.05, 0) is 54.8 Å². The number of halogens is 2. The number of hydrogen-bond acceptors (Lipinski definition) is 3. The third-order valence-corrected chi connectivity index (χ3v) is 5.40. The van der Waals surface area contributed by atoms with E-state index in [0.29, 0.717) is 11.6 Å². The molecule has 2 heterocycles. The topological polar surface area (TPSA) is 32.8 Å². The van der Waals surface area contributed by atoms with Gasteiger partial charge in [0.15, 0.2) is 0 Å². The summed E-state index contributed by atoms with van der Waals surface area (Å²) >= 11 is 0. The summed E-state index contributed by atoms with van der Waals surface area (Å²) < 4.78 is 28.9. The molecule has 2 aromatic rings. The van der Waals surface area contributed by atoms with Gasteiger partial charge in [-0.3, -0.25) is 9.69 Å². The van der Waals surface area contributed by atoms with Crippen LogP contribution in [0.2, 0.25) is 0 Å². The molecule has 2 aliphatic heterocycles. The minimum Gasteiger partial charge on any atom is -0.435 e. The van der Waals surface area contributed by atoms with Crippen molar-refractivity contribution < 1.29 is 18.3 Å². The minimum atomic E-state index is -2.84. The van der Waals surface area contributed by atoms with E-state index in [1.807, 2.05) is 29.2 Å². The SMILES string of the molecule is O=C(c1cccc(-c2ccc(OC(F)F)cc2)c1)N1CCN2CCCC2C1. The molecule has 142 valence electrons. The van der Waals surface area contributed by atoms with Crippen LogP contribution in [-0.2, 0) is 0 Å².